The van der Waals surface area contributed by atoms with Crippen molar-refractivity contribution in [1.82, 2.24) is 0 Å². The third kappa shape index (κ3) is 28.6. The van der Waals surface area contributed by atoms with Crippen LogP contribution in [0.2, 0.25) is 0 Å². The molecule has 4 N–H and O–H groups in total. The van der Waals surface area contributed by atoms with Gasteiger partial charge in [0.05, 0.1) is 103 Å². The van der Waals surface area contributed by atoms with E-state index in [4.69, 9.17) is 76.2 Å². The zero-order chi connectivity index (χ0) is 82.3. The minimum Gasteiger partial charge on any atom is -0.504 e. The zero-order valence-electron chi connectivity index (χ0n) is 67.2. The Kier molecular flexibility index (Phi) is 36.7. The molecule has 0 spiro atoms. The number of phenolic OH excluding ortho intramolecular Hbond substituents is 1. The van der Waals surface area contributed by atoms with E-state index in [9.17, 15) is 24.9 Å². The number of hydrogen-bond donors (Lipinski definition) is 4. The Bertz CT molecular complexity index is 4560. The molecular formula is C94H108O21. The lowest BCUT2D eigenvalue weighted by Crippen LogP contribution is -2.30. The fourth-order valence-electron chi connectivity index (χ4n) is 13.6. The van der Waals surface area contributed by atoms with Gasteiger partial charge in [-0.05, 0) is 179 Å². The van der Waals surface area contributed by atoms with E-state index < -0.39 is 11.9 Å². The van der Waals surface area contributed by atoms with Crippen LogP contribution in [0.25, 0.3) is 0 Å². The molecule has 21 nitrogen and oxygen atoms in total. The van der Waals surface area contributed by atoms with E-state index in [0.29, 0.717) is 142 Å². The highest BCUT2D eigenvalue weighted by molar-refractivity contribution is 5.74. The number of aromatic hydroxyl groups is 1. The molecule has 115 heavy (non-hydrogen) atoms. The van der Waals surface area contributed by atoms with Crippen molar-refractivity contribution in [1.29, 1.82) is 0 Å². The predicted molar refractivity (Wildman–Crippen MR) is 440 cm³/mol. The fourth-order valence-corrected chi connectivity index (χ4v) is 13.6. The Hall–Kier alpha value is -11.9. The number of aliphatic hydroxyl groups excluding tert-OH is 1. The second-order valence-electron chi connectivity index (χ2n) is 27.6. The zero-order valence-corrected chi connectivity index (χ0v) is 67.2. The van der Waals surface area contributed by atoms with Gasteiger partial charge in [-0.2, -0.15) is 0 Å². The van der Waals surface area contributed by atoms with Crippen LogP contribution in [0, 0.1) is 17.8 Å². The maximum absolute atomic E-state index is 12.3. The van der Waals surface area contributed by atoms with Crippen LogP contribution < -0.4 is 52.1 Å². The number of carboxylic acid groups (broad SMARTS) is 2. The summed E-state index contributed by atoms with van der Waals surface area (Å²) in [5, 5.41) is 37.4. The van der Waals surface area contributed by atoms with Gasteiger partial charge in [-0.15, -0.1) is 0 Å². The Morgan fingerprint density at radius 2 is 0.774 bits per heavy atom. The molecule has 1 aliphatic rings. The molecule has 10 aromatic rings. The number of phenols is 1. The van der Waals surface area contributed by atoms with Gasteiger partial charge in [0.25, 0.3) is 5.97 Å². The van der Waals surface area contributed by atoms with Gasteiger partial charge in [0.15, 0.2) is 69.0 Å². The van der Waals surface area contributed by atoms with Crippen LogP contribution in [0.5, 0.6) is 69.0 Å². The van der Waals surface area contributed by atoms with Gasteiger partial charge in [0.2, 0.25) is 0 Å². The summed E-state index contributed by atoms with van der Waals surface area (Å²) >= 11 is 0. The smallest absolute Gasteiger partial charge is 0.309 e. The van der Waals surface area contributed by atoms with Gasteiger partial charge in [-0.25, -0.2) is 0 Å². The molecule has 10 aromatic carbocycles. The molecule has 0 bridgehead atoms. The predicted octanol–water partition coefficient (Wildman–Crippen LogP) is 17.5. The monoisotopic (exact) mass is 1570 g/mol. The quantitative estimate of drug-likeness (QED) is 0.0261. The van der Waals surface area contributed by atoms with Gasteiger partial charge in [0, 0.05) is 37.7 Å². The van der Waals surface area contributed by atoms with E-state index in [0.717, 1.165) is 69.0 Å². The Balaban J connectivity index is 0.000000216. The standard InChI is InChI=1S/C36H40O7.C35H40O6.C21H24O6.C2H4O2/c1-39-32-17-15-30(22-35(32)41-3)31(25-42-23-26-10-6-4-7-11-26)19-29(21-36(37)38)18-28-14-16-33(34(20-28)40-2)43-24-27-12-8-5-9-13-27;1-37-32-17-15-30(21-35(32)39-3)31(25-40-23-26-10-6-4-7-11-26)19-29(22-36)18-28-14-16-33(34(20-28)38-2)41-24-27-12-8-5-9-13-27;1-24-18-7-5-14(11-20(18)26-3)16-10-15(21(23)27-12-16)8-13-4-6-17(22)19(9-13)25-2;1-2(3)4/h4-17,20,22,29,31H,18-19,21,23-25H2,1-3H3,(H,37,38);4-17,20-21,29,31,36H,18-19,22-25H2,1-3H3;4-7,9,11,15-16,22H,8,10,12H2,1-3H3;1H3,(H,3,4)/t2*29-,31?;15-,16?;/m111./s1. The highest BCUT2D eigenvalue weighted by Crippen LogP contribution is 2.41. The molecule has 1 heterocycles. The fraction of sp³-hybridized carbons (Fsp3) is 0.330. The van der Waals surface area contributed by atoms with E-state index in [1.807, 2.05) is 200 Å². The summed E-state index contributed by atoms with van der Waals surface area (Å²) in [5.74, 6) is 4.85. The molecule has 1 aliphatic heterocycles. The van der Waals surface area contributed by atoms with Crippen LogP contribution in [0.4, 0.5) is 0 Å². The number of ether oxygens (including phenoxy) is 14. The van der Waals surface area contributed by atoms with E-state index in [1.54, 1.807) is 75.1 Å². The molecule has 0 radical (unpaired) electrons. The van der Waals surface area contributed by atoms with E-state index >= 15 is 0 Å². The SMILES string of the molecule is CC(=O)O.COc1cc(C[C@@H]2CC(c3ccc(OC)c(OC)c3)COC2=O)ccc1O.COc1ccc(C(COCc2ccccc2)C[C@H](CC(=O)O)Cc2ccc(OCc3ccccc3)c(OC)c2)cc1OC.COc1ccc(C(COCc2ccccc2)C[C@H](CO)Cc2ccc(OCc3ccccc3)c(OC)c2)cc1OC. The largest absolute Gasteiger partial charge is 0.504 e. The average molecular weight is 1570 g/mol. The van der Waals surface area contributed by atoms with Crippen LogP contribution in [0.1, 0.15) is 106 Å². The summed E-state index contributed by atoms with van der Waals surface area (Å²) in [5.41, 5.74) is 10.5. The molecule has 1 saturated heterocycles. The van der Waals surface area contributed by atoms with Crippen molar-refractivity contribution in [3.05, 3.63) is 286 Å². The summed E-state index contributed by atoms with van der Waals surface area (Å²) in [6.45, 7) is 4.30. The van der Waals surface area contributed by atoms with E-state index in [1.165, 1.54) is 7.11 Å². The van der Waals surface area contributed by atoms with Crippen molar-refractivity contribution in [2.75, 3.05) is 90.4 Å². The Labute approximate surface area is 675 Å². The Morgan fingerprint density at radius 1 is 0.409 bits per heavy atom. The number of benzene rings is 10. The number of esters is 1. The van der Waals surface area contributed by atoms with Crippen LogP contribution in [-0.4, -0.2) is 129 Å². The number of aliphatic carboxylic acids is 2. The average Bonchev–Trinajstić information content (AvgIpc) is 0.844. The number of rotatable bonds is 39. The second kappa shape index (κ2) is 47.6. The summed E-state index contributed by atoms with van der Waals surface area (Å²) < 4.78 is 79.0. The first-order valence-electron chi connectivity index (χ1n) is 38.0. The topological polar surface area (TPSA) is 261 Å². The lowest BCUT2D eigenvalue weighted by atomic mass is 9.84. The lowest BCUT2D eigenvalue weighted by molar-refractivity contribution is -0.154. The van der Waals surface area contributed by atoms with Gasteiger partial charge in [-0.3, -0.25) is 14.4 Å². The van der Waals surface area contributed by atoms with E-state index in [2.05, 4.69) is 12.1 Å². The second-order valence-corrected chi connectivity index (χ2v) is 27.6. The van der Waals surface area contributed by atoms with Crippen molar-refractivity contribution in [3.8, 4) is 69.0 Å². The maximum atomic E-state index is 12.3. The molecule has 21 heteroatoms. The molecule has 6 atom stereocenters. The summed E-state index contributed by atoms with van der Waals surface area (Å²) in [7, 11) is 14.4. The molecule has 610 valence electrons. The van der Waals surface area contributed by atoms with E-state index in [-0.39, 0.29) is 60.3 Å². The normalized spacial score (nSPS) is 13.7. The first kappa shape index (κ1) is 88.7. The Morgan fingerprint density at radius 3 is 1.19 bits per heavy atom. The number of aliphatic hydroxyl groups is 1. The molecule has 3 unspecified atom stereocenters. The van der Waals surface area contributed by atoms with Crippen molar-refractivity contribution in [2.45, 2.75) is 96.1 Å². The van der Waals surface area contributed by atoms with Gasteiger partial charge in [0.1, 0.15) is 13.2 Å². The van der Waals surface area contributed by atoms with Crippen LogP contribution in [-0.2, 0) is 74.3 Å². The number of methoxy groups -OCH3 is 9. The highest BCUT2D eigenvalue weighted by Gasteiger charge is 2.33. The third-order valence-corrected chi connectivity index (χ3v) is 19.5. The summed E-state index contributed by atoms with van der Waals surface area (Å²) in [6.07, 6.45) is 3.81. The molecule has 1 fully saturated rings. The number of hydrogen-bond acceptors (Lipinski definition) is 19. The van der Waals surface area contributed by atoms with Gasteiger partial charge >= 0.3 is 11.9 Å². The van der Waals surface area contributed by atoms with Crippen LogP contribution in [0.15, 0.2) is 231 Å². The van der Waals surface area contributed by atoms with Crippen molar-refractivity contribution < 1.29 is 101 Å². The number of cyclic esters (lactones) is 1. The van der Waals surface area contributed by atoms with Crippen LogP contribution >= 0.6 is 0 Å². The van der Waals surface area contributed by atoms with Crippen molar-refractivity contribution in [2.24, 2.45) is 17.8 Å². The molecule has 0 amide bonds. The number of carbonyl (C=O) groups excluding carboxylic acids is 1. The first-order chi connectivity index (χ1) is 55.9. The molecule has 0 aliphatic carbocycles. The molecular weight excluding hydrogens is 1470 g/mol. The molecule has 11 rings (SSSR count). The van der Waals surface area contributed by atoms with Crippen LogP contribution in [0.3, 0.4) is 0 Å². The number of carboxylic acids is 2. The van der Waals surface area contributed by atoms with Gasteiger partial charge < -0.3 is 86.7 Å². The first-order valence-corrected chi connectivity index (χ1v) is 38.0. The summed E-state index contributed by atoms with van der Waals surface area (Å²) in [4.78, 5) is 33.3. The summed E-state index contributed by atoms with van der Waals surface area (Å²) in [6, 6.07) is 74.6. The molecule has 0 saturated carbocycles. The number of carbonyl (C=O) groups is 3. The minimum atomic E-state index is -0.837. The molecule has 0 aromatic heterocycles. The third-order valence-electron chi connectivity index (χ3n) is 19.5. The van der Waals surface area contributed by atoms with Crippen molar-refractivity contribution >= 4 is 17.9 Å². The van der Waals surface area contributed by atoms with Crippen molar-refractivity contribution in [3.63, 3.8) is 0 Å². The highest BCUT2D eigenvalue weighted by atomic mass is 16.5. The lowest BCUT2D eigenvalue weighted by Gasteiger charge is -2.29. The maximum Gasteiger partial charge on any atom is 0.309 e. The van der Waals surface area contributed by atoms with Gasteiger partial charge in [-0.1, -0.05) is 158 Å². The minimum absolute atomic E-state index is 0.00853.